The largest absolute Gasteiger partial charge is 0.353 e. The molecule has 2 rings (SSSR count). The molecule has 3 atom stereocenters. The second kappa shape index (κ2) is 6.05. The van der Waals surface area contributed by atoms with Gasteiger partial charge in [0, 0.05) is 18.0 Å². The lowest BCUT2D eigenvalue weighted by Gasteiger charge is -2.33. The number of hydrogen-bond donors (Lipinski definition) is 2. The summed E-state index contributed by atoms with van der Waals surface area (Å²) in [6.07, 6.45) is 7.79. The minimum absolute atomic E-state index is 0.208. The van der Waals surface area contributed by atoms with Gasteiger partial charge in [0.2, 0.25) is 5.91 Å². The smallest absolute Gasteiger partial charge is 0.223 e. The van der Waals surface area contributed by atoms with E-state index in [-0.39, 0.29) is 11.8 Å². The lowest BCUT2D eigenvalue weighted by atomic mass is 9.78. The molecule has 2 aliphatic carbocycles. The highest BCUT2D eigenvalue weighted by Crippen LogP contribution is 2.29. The average molecular weight is 252 g/mol. The minimum atomic E-state index is 0.208. The third-order valence-corrected chi connectivity index (χ3v) is 4.97. The summed E-state index contributed by atoms with van der Waals surface area (Å²) in [5, 5.41) is 3.26. The van der Waals surface area contributed by atoms with Crippen molar-refractivity contribution in [2.75, 3.05) is 0 Å². The minimum Gasteiger partial charge on any atom is -0.353 e. The molecule has 2 aliphatic rings. The van der Waals surface area contributed by atoms with Crippen molar-refractivity contribution < 1.29 is 4.79 Å². The summed E-state index contributed by atoms with van der Waals surface area (Å²) < 4.78 is 0. The van der Waals surface area contributed by atoms with E-state index in [2.05, 4.69) is 19.2 Å². The molecule has 3 unspecified atom stereocenters. The van der Waals surface area contributed by atoms with Crippen LogP contribution in [0.4, 0.5) is 0 Å². The van der Waals surface area contributed by atoms with Gasteiger partial charge in [-0.05, 0) is 56.8 Å². The molecule has 104 valence electrons. The van der Waals surface area contributed by atoms with Crippen LogP contribution in [0.5, 0.6) is 0 Å². The van der Waals surface area contributed by atoms with Gasteiger partial charge in [-0.3, -0.25) is 4.79 Å². The lowest BCUT2D eigenvalue weighted by Crippen LogP contribution is -2.44. The van der Waals surface area contributed by atoms with Crippen molar-refractivity contribution in [1.29, 1.82) is 0 Å². The van der Waals surface area contributed by atoms with Gasteiger partial charge < -0.3 is 11.1 Å². The van der Waals surface area contributed by atoms with E-state index in [0.29, 0.717) is 18.0 Å². The number of nitrogens with one attached hydrogen (secondary N) is 1. The van der Waals surface area contributed by atoms with Gasteiger partial charge in [0.05, 0.1) is 0 Å². The van der Waals surface area contributed by atoms with E-state index >= 15 is 0 Å². The van der Waals surface area contributed by atoms with Crippen LogP contribution in [-0.4, -0.2) is 18.0 Å². The Morgan fingerprint density at radius 2 is 1.72 bits per heavy atom. The Kier molecular flexibility index (Phi) is 4.66. The first-order valence-corrected chi connectivity index (χ1v) is 7.62. The molecule has 0 heterocycles. The molecular weight excluding hydrogens is 224 g/mol. The normalized spacial score (nSPS) is 41.4. The Hall–Kier alpha value is -0.570. The molecule has 0 aromatic rings. The second-order valence-electron chi connectivity index (χ2n) is 6.62. The highest BCUT2D eigenvalue weighted by Gasteiger charge is 2.30. The van der Waals surface area contributed by atoms with Gasteiger partial charge in [-0.2, -0.15) is 0 Å². The standard InChI is InChI=1S/C15H28N2O/c1-10-3-6-13(7-4-10)17-15(18)12-5-8-14(16)11(2)9-12/h10-14H,3-9,16H2,1-2H3,(H,17,18). The maximum atomic E-state index is 12.2. The van der Waals surface area contributed by atoms with Gasteiger partial charge in [-0.1, -0.05) is 13.8 Å². The molecule has 2 saturated carbocycles. The number of nitrogens with two attached hydrogens (primary N) is 1. The first-order chi connectivity index (χ1) is 8.56. The van der Waals surface area contributed by atoms with Crippen molar-refractivity contribution >= 4 is 5.91 Å². The molecule has 0 radical (unpaired) electrons. The summed E-state index contributed by atoms with van der Waals surface area (Å²) in [4.78, 5) is 12.2. The van der Waals surface area contributed by atoms with Gasteiger partial charge in [0.25, 0.3) is 0 Å². The Balaban J connectivity index is 1.78. The molecule has 3 nitrogen and oxygen atoms in total. The van der Waals surface area contributed by atoms with Crippen LogP contribution in [0.15, 0.2) is 0 Å². The SMILES string of the molecule is CC1CCC(NC(=O)C2CCC(N)C(C)C2)CC1. The molecule has 3 heteroatoms. The van der Waals surface area contributed by atoms with Crippen molar-refractivity contribution in [2.45, 2.75) is 70.9 Å². The average Bonchev–Trinajstić information content (AvgIpc) is 2.35. The van der Waals surface area contributed by atoms with Crippen LogP contribution in [0, 0.1) is 17.8 Å². The van der Waals surface area contributed by atoms with E-state index in [4.69, 9.17) is 5.73 Å². The molecule has 0 saturated heterocycles. The van der Waals surface area contributed by atoms with Gasteiger partial charge in [-0.25, -0.2) is 0 Å². The molecule has 0 bridgehead atoms. The van der Waals surface area contributed by atoms with E-state index in [9.17, 15) is 4.79 Å². The summed E-state index contributed by atoms with van der Waals surface area (Å²) in [5.74, 6) is 1.82. The zero-order valence-electron chi connectivity index (χ0n) is 11.8. The summed E-state index contributed by atoms with van der Waals surface area (Å²) in [5.41, 5.74) is 6.01. The Morgan fingerprint density at radius 1 is 1.06 bits per heavy atom. The summed E-state index contributed by atoms with van der Waals surface area (Å²) >= 11 is 0. The maximum Gasteiger partial charge on any atom is 0.223 e. The highest BCUT2D eigenvalue weighted by molar-refractivity contribution is 5.79. The first kappa shape index (κ1) is 13.9. The van der Waals surface area contributed by atoms with E-state index in [1.807, 2.05) is 0 Å². The summed E-state index contributed by atoms with van der Waals surface area (Å²) in [6.45, 7) is 4.48. The van der Waals surface area contributed by atoms with Crippen molar-refractivity contribution in [3.8, 4) is 0 Å². The lowest BCUT2D eigenvalue weighted by molar-refractivity contribution is -0.127. The molecule has 1 amide bonds. The van der Waals surface area contributed by atoms with E-state index < -0.39 is 0 Å². The fourth-order valence-electron chi connectivity index (χ4n) is 3.38. The topological polar surface area (TPSA) is 55.1 Å². The van der Waals surface area contributed by atoms with Crippen molar-refractivity contribution in [1.82, 2.24) is 5.32 Å². The van der Waals surface area contributed by atoms with Crippen LogP contribution in [-0.2, 0) is 4.79 Å². The molecule has 2 fully saturated rings. The number of carbonyl (C=O) groups is 1. The molecule has 18 heavy (non-hydrogen) atoms. The van der Waals surface area contributed by atoms with Crippen LogP contribution in [0.3, 0.4) is 0 Å². The molecule has 0 aromatic carbocycles. The monoisotopic (exact) mass is 252 g/mol. The number of rotatable bonds is 2. The van der Waals surface area contributed by atoms with Crippen LogP contribution in [0.1, 0.15) is 58.8 Å². The van der Waals surface area contributed by atoms with E-state index in [1.54, 1.807) is 0 Å². The van der Waals surface area contributed by atoms with Crippen molar-refractivity contribution in [3.05, 3.63) is 0 Å². The molecule has 0 aromatic heterocycles. The highest BCUT2D eigenvalue weighted by atomic mass is 16.1. The van der Waals surface area contributed by atoms with Gasteiger partial charge in [-0.15, -0.1) is 0 Å². The molecule has 3 N–H and O–H groups in total. The molecule has 0 spiro atoms. The Labute approximate surface area is 111 Å². The van der Waals surface area contributed by atoms with Gasteiger partial charge >= 0.3 is 0 Å². The zero-order valence-corrected chi connectivity index (χ0v) is 11.8. The first-order valence-electron chi connectivity index (χ1n) is 7.62. The van der Waals surface area contributed by atoms with E-state index in [0.717, 1.165) is 38.0 Å². The zero-order chi connectivity index (χ0) is 13.1. The third kappa shape index (κ3) is 3.47. The van der Waals surface area contributed by atoms with Crippen LogP contribution >= 0.6 is 0 Å². The number of hydrogen-bond acceptors (Lipinski definition) is 2. The third-order valence-electron chi connectivity index (χ3n) is 4.97. The molecule has 0 aliphatic heterocycles. The predicted octanol–water partition coefficient (Wildman–Crippen LogP) is 2.44. The Bertz CT molecular complexity index is 284. The Morgan fingerprint density at radius 3 is 2.33 bits per heavy atom. The quantitative estimate of drug-likeness (QED) is 0.793. The summed E-state index contributed by atoms with van der Waals surface area (Å²) in [7, 11) is 0. The van der Waals surface area contributed by atoms with E-state index in [1.165, 1.54) is 12.8 Å². The van der Waals surface area contributed by atoms with Crippen molar-refractivity contribution in [2.24, 2.45) is 23.5 Å². The van der Waals surface area contributed by atoms with Crippen molar-refractivity contribution in [3.63, 3.8) is 0 Å². The summed E-state index contributed by atoms with van der Waals surface area (Å²) in [6, 6.07) is 0.726. The second-order valence-corrected chi connectivity index (χ2v) is 6.62. The number of amides is 1. The fraction of sp³-hybridized carbons (Fsp3) is 0.933. The van der Waals surface area contributed by atoms with Gasteiger partial charge in [0.15, 0.2) is 0 Å². The van der Waals surface area contributed by atoms with Crippen LogP contribution < -0.4 is 11.1 Å². The molecular formula is C15H28N2O. The number of carbonyl (C=O) groups excluding carboxylic acids is 1. The van der Waals surface area contributed by atoms with Crippen LogP contribution in [0.25, 0.3) is 0 Å². The van der Waals surface area contributed by atoms with Crippen LogP contribution in [0.2, 0.25) is 0 Å². The van der Waals surface area contributed by atoms with Gasteiger partial charge in [0.1, 0.15) is 0 Å². The maximum absolute atomic E-state index is 12.2. The fourth-order valence-corrected chi connectivity index (χ4v) is 3.38. The predicted molar refractivity (Wildman–Crippen MR) is 74.0 cm³/mol.